The minimum Gasteiger partial charge on any atom is -0.496 e. The van der Waals surface area contributed by atoms with Crippen LogP contribution in [0.15, 0.2) is 48.4 Å². The molecule has 1 aromatic carbocycles. The average Bonchev–Trinajstić information content (AvgIpc) is 3.74. The summed E-state index contributed by atoms with van der Waals surface area (Å²) in [4.78, 5) is 22.6. The van der Waals surface area contributed by atoms with Gasteiger partial charge in [-0.05, 0) is 86.6 Å². The van der Waals surface area contributed by atoms with Gasteiger partial charge in [0, 0.05) is 35.7 Å². The van der Waals surface area contributed by atoms with Crippen molar-refractivity contribution in [2.24, 2.45) is 34.5 Å². The molecule has 302 valence electrons. The van der Waals surface area contributed by atoms with E-state index in [-0.39, 0.29) is 48.8 Å². The Kier molecular flexibility index (Phi) is 13.6. The first kappa shape index (κ1) is 42.2. The second kappa shape index (κ2) is 17.4. The smallest absolute Gasteiger partial charge is 0.240 e. The van der Waals surface area contributed by atoms with Crippen molar-refractivity contribution in [3.8, 4) is 5.75 Å². The highest BCUT2D eigenvalue weighted by atomic mass is 16.7. The summed E-state index contributed by atoms with van der Waals surface area (Å²) in [5, 5.41) is 40.8. The molecule has 12 heteroatoms. The number of likely N-dealkylation sites (N-methyl/N-ethyl adjacent to an activating group) is 1. The van der Waals surface area contributed by atoms with E-state index in [0.717, 1.165) is 30.5 Å². The lowest BCUT2D eigenvalue weighted by Gasteiger charge is -2.62. The van der Waals surface area contributed by atoms with Crippen molar-refractivity contribution >= 4 is 11.5 Å². The molecule has 5 N–H and O–H groups in total. The molecule has 10 atom stereocenters. The maximum absolute atomic E-state index is 14.3. The third-order valence-corrected chi connectivity index (χ3v) is 12.1. The number of allylic oxidation sites excluding steroid dienone is 3. The number of carbonyl (C=O) groups excluding carboxylic acids is 1. The van der Waals surface area contributed by atoms with Crippen LogP contribution in [0.25, 0.3) is 5.57 Å². The van der Waals surface area contributed by atoms with E-state index in [0.29, 0.717) is 34.8 Å². The highest BCUT2D eigenvalue weighted by Crippen LogP contribution is 2.61. The molecule has 2 aliphatic heterocycles. The van der Waals surface area contributed by atoms with Gasteiger partial charge in [-0.1, -0.05) is 65.8 Å². The maximum atomic E-state index is 14.3. The normalized spacial score (nSPS) is 30.0. The highest BCUT2D eigenvalue weighted by molar-refractivity contribution is 5.83. The number of ether oxygens (including phenoxy) is 3. The lowest BCUT2D eigenvalue weighted by molar-refractivity contribution is -0.183. The SMILES string of the molecule is COc1c(CN2O[C@@H](CO)[C@@H]([C@H](C)O)[C@H]2C(=O)N[C@H]2C[C@H]3C[C@@H]([C@@H]2C)C3(C)C)cccc1C(C=CC(O)N[C@H](CN(C)C)CC(C)(C)C)=CC1=COCO1. The van der Waals surface area contributed by atoms with E-state index in [2.05, 4.69) is 57.1 Å². The topological polar surface area (TPSA) is 145 Å². The van der Waals surface area contributed by atoms with E-state index in [4.69, 9.17) is 19.0 Å². The first-order chi connectivity index (χ1) is 25.4. The van der Waals surface area contributed by atoms with Crippen molar-refractivity contribution in [3.05, 3.63) is 59.6 Å². The summed E-state index contributed by atoms with van der Waals surface area (Å²) in [6.45, 7) is 15.8. The van der Waals surface area contributed by atoms with Gasteiger partial charge in [-0.2, -0.15) is 5.06 Å². The molecule has 2 bridgehead atoms. The van der Waals surface area contributed by atoms with Crippen LogP contribution in [0.4, 0.5) is 0 Å². The van der Waals surface area contributed by atoms with Gasteiger partial charge in [-0.25, -0.2) is 0 Å². The van der Waals surface area contributed by atoms with Crippen LogP contribution in [-0.2, 0) is 25.7 Å². The Morgan fingerprint density at radius 3 is 2.52 bits per heavy atom. The van der Waals surface area contributed by atoms with Gasteiger partial charge in [-0.3, -0.25) is 14.9 Å². The molecule has 3 aliphatic carbocycles. The third kappa shape index (κ3) is 9.69. The minimum absolute atomic E-state index is 0.0313. The maximum Gasteiger partial charge on any atom is 0.240 e. The number of aliphatic hydroxyl groups is 3. The number of hydroxylamine groups is 2. The number of hydrogen-bond donors (Lipinski definition) is 5. The fourth-order valence-corrected chi connectivity index (χ4v) is 9.37. The number of nitrogens with one attached hydrogen (secondary N) is 2. The number of benzene rings is 1. The molecule has 4 fully saturated rings. The number of methoxy groups -OCH3 is 1. The Morgan fingerprint density at radius 1 is 1.20 bits per heavy atom. The van der Waals surface area contributed by atoms with Crippen molar-refractivity contribution in [2.45, 2.75) is 111 Å². The molecule has 5 aliphatic rings. The summed E-state index contributed by atoms with van der Waals surface area (Å²) >= 11 is 0. The van der Waals surface area contributed by atoms with E-state index in [1.54, 1.807) is 31.4 Å². The fraction of sp³-hybridized carbons (Fsp3) is 0.690. The van der Waals surface area contributed by atoms with Crippen molar-refractivity contribution in [3.63, 3.8) is 0 Å². The van der Waals surface area contributed by atoms with Gasteiger partial charge in [0.05, 0.1) is 26.4 Å². The third-order valence-electron chi connectivity index (χ3n) is 12.1. The molecule has 3 saturated carbocycles. The van der Waals surface area contributed by atoms with E-state index >= 15 is 0 Å². The van der Waals surface area contributed by atoms with Crippen molar-refractivity contribution in [1.82, 2.24) is 20.6 Å². The Balaban J connectivity index is 1.42. The molecule has 1 saturated heterocycles. The number of amides is 1. The van der Waals surface area contributed by atoms with Crippen LogP contribution in [0.3, 0.4) is 0 Å². The number of carbonyl (C=O) groups is 1. The van der Waals surface area contributed by atoms with Gasteiger partial charge in [0.2, 0.25) is 12.7 Å². The molecule has 2 heterocycles. The first-order valence-electron chi connectivity index (χ1n) is 19.6. The number of hydrogen-bond acceptors (Lipinski definition) is 11. The Labute approximate surface area is 322 Å². The summed E-state index contributed by atoms with van der Waals surface area (Å²) in [5.41, 5.74) is 2.50. The van der Waals surface area contributed by atoms with E-state index in [1.165, 1.54) is 6.42 Å². The second-order valence-electron chi connectivity index (χ2n) is 18.0. The van der Waals surface area contributed by atoms with Crippen LogP contribution in [0.5, 0.6) is 5.75 Å². The summed E-state index contributed by atoms with van der Waals surface area (Å²) < 4.78 is 17.1. The standard InChI is InChI=1S/C42H66N4O8/c1-25-33-17-29(42(33,6)7)18-34(25)44-40(50)38-37(26(2)48)35(22-47)54-46(38)20-28-12-11-13-32(39(28)51-10)27(16-31-23-52-24-53-31)14-15-36(49)43-30(21-45(8)9)19-41(3,4)5/h11-16,23,25-26,29-30,33-38,43,47-49H,17-22,24H2,1-10H3,(H,44,50)/t25-,26-,29+,30-,33-,34-,35-,36?,37+,38-/m0/s1. The number of aliphatic hydroxyl groups excluding tert-OH is 3. The molecule has 0 radical (unpaired) electrons. The van der Waals surface area contributed by atoms with Crippen molar-refractivity contribution in [2.75, 3.05) is 41.1 Å². The molecular weight excluding hydrogens is 688 g/mol. The quantitative estimate of drug-likeness (QED) is 0.121. The average molecular weight is 755 g/mol. The molecule has 12 nitrogen and oxygen atoms in total. The van der Waals surface area contributed by atoms with E-state index in [1.807, 2.05) is 44.4 Å². The van der Waals surface area contributed by atoms with Crippen molar-refractivity contribution in [1.29, 1.82) is 0 Å². The zero-order valence-corrected chi connectivity index (χ0v) is 34.0. The van der Waals surface area contributed by atoms with Crippen molar-refractivity contribution < 1.29 is 39.2 Å². The monoisotopic (exact) mass is 754 g/mol. The molecular formula is C42H66N4O8. The molecule has 1 unspecified atom stereocenters. The Hall–Kier alpha value is -2.97. The predicted molar refractivity (Wildman–Crippen MR) is 208 cm³/mol. The minimum atomic E-state index is -0.932. The van der Waals surface area contributed by atoms with Crippen LogP contribution in [-0.4, -0.2) is 109 Å². The zero-order valence-electron chi connectivity index (χ0n) is 34.0. The number of para-hydroxylation sites is 1. The lowest BCUT2D eigenvalue weighted by atomic mass is 9.45. The van der Waals surface area contributed by atoms with Gasteiger partial charge in [0.25, 0.3) is 0 Å². The predicted octanol–water partition coefficient (Wildman–Crippen LogP) is 4.42. The summed E-state index contributed by atoms with van der Waals surface area (Å²) in [7, 11) is 5.63. The van der Waals surface area contributed by atoms with E-state index in [9.17, 15) is 20.1 Å². The molecule has 54 heavy (non-hydrogen) atoms. The largest absolute Gasteiger partial charge is 0.496 e. The van der Waals surface area contributed by atoms with Crippen LogP contribution in [0, 0.1) is 34.5 Å². The van der Waals surface area contributed by atoms with Gasteiger partial charge < -0.3 is 39.7 Å². The van der Waals surface area contributed by atoms with Crippen LogP contribution in [0.1, 0.15) is 78.9 Å². The summed E-state index contributed by atoms with van der Waals surface area (Å²) in [6.07, 6.45) is 7.30. The highest BCUT2D eigenvalue weighted by Gasteiger charge is 2.57. The zero-order chi connectivity index (χ0) is 39.5. The molecule has 0 spiro atoms. The number of nitrogens with zero attached hydrogens (tertiary/aromatic N) is 2. The molecule has 6 rings (SSSR count). The molecule has 1 aromatic rings. The molecule has 1 amide bonds. The number of rotatable bonds is 16. The molecule has 0 aromatic heterocycles. The first-order valence-corrected chi connectivity index (χ1v) is 19.6. The summed E-state index contributed by atoms with van der Waals surface area (Å²) in [6, 6.07) is 4.97. The van der Waals surface area contributed by atoms with Gasteiger partial charge in [0.1, 0.15) is 30.4 Å². The Bertz CT molecular complexity index is 1530. The van der Waals surface area contributed by atoms with Crippen LogP contribution in [0.2, 0.25) is 0 Å². The second-order valence-corrected chi connectivity index (χ2v) is 18.0. The van der Waals surface area contributed by atoms with Gasteiger partial charge in [0.15, 0.2) is 5.76 Å². The summed E-state index contributed by atoms with van der Waals surface area (Å²) in [5.74, 6) is 1.65. The number of fused-ring (bicyclic) bond motifs is 2. The Morgan fingerprint density at radius 2 is 1.94 bits per heavy atom. The van der Waals surface area contributed by atoms with Gasteiger partial charge >= 0.3 is 0 Å². The lowest BCUT2D eigenvalue weighted by Crippen LogP contribution is -2.62. The van der Waals surface area contributed by atoms with Crippen LogP contribution < -0.4 is 15.4 Å². The van der Waals surface area contributed by atoms with Gasteiger partial charge in [-0.15, -0.1) is 0 Å². The van der Waals surface area contributed by atoms with E-state index < -0.39 is 30.4 Å². The fourth-order valence-electron chi connectivity index (χ4n) is 9.37. The van der Waals surface area contributed by atoms with Crippen LogP contribution >= 0.6 is 0 Å².